The molecule has 0 aliphatic carbocycles. The van der Waals surface area contributed by atoms with Gasteiger partial charge in [-0.3, -0.25) is 0 Å². The van der Waals surface area contributed by atoms with Crippen molar-refractivity contribution < 1.29 is 25.2 Å². The molecule has 0 aliphatic heterocycles. The molecule has 0 aliphatic rings. The Balaban J connectivity index is 4.63. The van der Waals surface area contributed by atoms with Gasteiger partial charge >= 0.3 is 217 Å². The van der Waals surface area contributed by atoms with Gasteiger partial charge in [-0.15, -0.1) is 0 Å². The van der Waals surface area contributed by atoms with Gasteiger partial charge in [0, 0.05) is 0 Å². The van der Waals surface area contributed by atoms with E-state index in [4.69, 9.17) is 15.6 Å². The summed E-state index contributed by atoms with van der Waals surface area (Å²) >= 11 is -0.606. The molecule has 0 N–H and O–H groups in total. The first-order valence-corrected chi connectivity index (χ1v) is 21.5. The summed E-state index contributed by atoms with van der Waals surface area (Å²) < 4.78 is 24.4. The number of thioether (sulfide) groups is 2. The van der Waals surface area contributed by atoms with Crippen molar-refractivity contribution in [3.8, 4) is 0 Å². The van der Waals surface area contributed by atoms with Gasteiger partial charge in [0.05, 0.1) is 0 Å². The second-order valence-electron chi connectivity index (χ2n) is 7.98. The minimum atomic E-state index is -3.81. The summed E-state index contributed by atoms with van der Waals surface area (Å²) in [7, 11) is 0. The van der Waals surface area contributed by atoms with Crippen LogP contribution >= 0.6 is 23.5 Å². The summed E-state index contributed by atoms with van der Waals surface area (Å²) in [5, 5.41) is 0. The van der Waals surface area contributed by atoms with E-state index in [1.165, 1.54) is 0 Å². The van der Waals surface area contributed by atoms with Crippen molar-refractivity contribution in [3.63, 3.8) is 0 Å². The Hall–Kier alpha value is 0.359. The van der Waals surface area contributed by atoms with E-state index in [9.17, 15) is 9.59 Å². The van der Waals surface area contributed by atoms with Crippen LogP contribution in [0.15, 0.2) is 0 Å². The maximum atomic E-state index is 12.7. The Kier molecular flexibility index (Phi) is 24.3. The Labute approximate surface area is 216 Å². The predicted octanol–water partition coefficient (Wildman–Crippen LogP) is 6.22. The fourth-order valence-electron chi connectivity index (χ4n) is 3.13. The van der Waals surface area contributed by atoms with E-state index in [0.29, 0.717) is 11.5 Å². The van der Waals surface area contributed by atoms with Gasteiger partial charge in [0.25, 0.3) is 0 Å². The van der Waals surface area contributed by atoms with Crippen LogP contribution < -0.4 is 0 Å². The molecule has 0 spiro atoms. The van der Waals surface area contributed by atoms with Crippen LogP contribution in [-0.4, -0.2) is 80.6 Å². The Morgan fingerprint density at radius 1 is 0.636 bits per heavy atom. The van der Waals surface area contributed by atoms with E-state index >= 15 is 0 Å². The zero-order chi connectivity index (χ0) is 24.6. The number of carbonyl (C=O) groups excluding carboxylic acids is 2. The third-order valence-electron chi connectivity index (χ3n) is 4.92. The molecule has 0 amide bonds. The number of rotatable bonds is 24. The van der Waals surface area contributed by atoms with Crippen molar-refractivity contribution >= 4 is 54.7 Å². The SMILES string of the molecule is CCC[CH2][Sn]([CH2]CCC)([O]C(=O)CSCCCCOCC)[O]C(=O)CSCCCCOCC. The summed E-state index contributed by atoms with van der Waals surface area (Å²) in [6.45, 7) is 11.3. The average molecular weight is 615 g/mol. The average Bonchev–Trinajstić information content (AvgIpc) is 2.80. The van der Waals surface area contributed by atoms with Crippen molar-refractivity contribution in [2.75, 3.05) is 49.4 Å². The van der Waals surface area contributed by atoms with Gasteiger partial charge < -0.3 is 0 Å². The van der Waals surface area contributed by atoms with E-state index < -0.39 is 19.2 Å². The predicted molar refractivity (Wildman–Crippen MR) is 143 cm³/mol. The summed E-state index contributed by atoms with van der Waals surface area (Å²) in [5.41, 5.74) is 0. The van der Waals surface area contributed by atoms with E-state index in [1.807, 2.05) is 13.8 Å². The monoisotopic (exact) mass is 616 g/mol. The minimum absolute atomic E-state index is 0.204. The number of hydrogen-bond donors (Lipinski definition) is 0. The van der Waals surface area contributed by atoms with Crippen LogP contribution in [-0.2, 0) is 25.2 Å². The standard InChI is InChI=1S/2C8H16O3S.2C4H9.Sn/c2*1-2-11-5-3-4-6-12-7-8(9)10;2*1-3-4-2;/h2*2-7H2,1H3,(H,9,10);2*1,3-4H2,2H3;/q;;;;+2/p-2. The van der Waals surface area contributed by atoms with Crippen molar-refractivity contribution in [2.24, 2.45) is 0 Å². The first-order valence-electron chi connectivity index (χ1n) is 12.8. The van der Waals surface area contributed by atoms with Crippen molar-refractivity contribution in [1.29, 1.82) is 0 Å². The molecule has 9 heteroatoms. The number of ether oxygens (including phenoxy) is 2. The molecule has 0 bridgehead atoms. The number of unbranched alkanes of at least 4 members (excludes halogenated alkanes) is 4. The Bertz CT molecular complexity index is 440. The van der Waals surface area contributed by atoms with E-state index in [0.717, 1.165) is 98.2 Å². The molecule has 0 unspecified atom stereocenters. The molecule has 0 aromatic rings. The third kappa shape index (κ3) is 20.3. The zero-order valence-corrected chi connectivity index (χ0v) is 26.0. The van der Waals surface area contributed by atoms with Gasteiger partial charge in [-0.1, -0.05) is 0 Å². The van der Waals surface area contributed by atoms with Crippen molar-refractivity contribution in [3.05, 3.63) is 0 Å². The molecule has 0 saturated heterocycles. The molecule has 6 nitrogen and oxygen atoms in total. The fraction of sp³-hybridized carbons (Fsp3) is 0.917. The van der Waals surface area contributed by atoms with Crippen molar-refractivity contribution in [2.45, 2.75) is 87.9 Å². The van der Waals surface area contributed by atoms with Gasteiger partial charge in [-0.25, -0.2) is 0 Å². The van der Waals surface area contributed by atoms with E-state index in [-0.39, 0.29) is 11.9 Å². The maximum absolute atomic E-state index is 12.7. The molecule has 196 valence electrons. The van der Waals surface area contributed by atoms with Crippen LogP contribution in [0, 0.1) is 0 Å². The van der Waals surface area contributed by atoms with Gasteiger partial charge in [-0.2, -0.15) is 0 Å². The molecular formula is C24H48O6S2Sn. The second-order valence-corrected chi connectivity index (χ2v) is 19.4. The van der Waals surface area contributed by atoms with Crippen LogP contribution in [0.5, 0.6) is 0 Å². The van der Waals surface area contributed by atoms with Crippen LogP contribution in [0.4, 0.5) is 0 Å². The molecule has 0 fully saturated rings. The normalized spacial score (nSPS) is 11.5. The zero-order valence-electron chi connectivity index (χ0n) is 21.5. The number of carbonyl (C=O) groups is 2. The quantitative estimate of drug-likeness (QED) is 0.0938. The van der Waals surface area contributed by atoms with E-state index in [2.05, 4.69) is 13.8 Å². The van der Waals surface area contributed by atoms with Crippen LogP contribution in [0.25, 0.3) is 0 Å². The molecule has 0 aromatic heterocycles. The third-order valence-corrected chi connectivity index (χ3v) is 16.7. The molecule has 0 rings (SSSR count). The summed E-state index contributed by atoms with van der Waals surface area (Å²) in [5.74, 6) is 2.08. The first kappa shape index (κ1) is 33.4. The molecule has 33 heavy (non-hydrogen) atoms. The molecular weight excluding hydrogens is 567 g/mol. The molecule has 0 radical (unpaired) electrons. The van der Waals surface area contributed by atoms with E-state index in [1.54, 1.807) is 23.5 Å². The van der Waals surface area contributed by atoms with Gasteiger partial charge in [0.15, 0.2) is 0 Å². The molecule has 0 atom stereocenters. The van der Waals surface area contributed by atoms with Crippen molar-refractivity contribution in [1.82, 2.24) is 0 Å². The summed E-state index contributed by atoms with van der Waals surface area (Å²) in [6.07, 6.45) is 7.95. The van der Waals surface area contributed by atoms with Gasteiger partial charge in [-0.05, 0) is 0 Å². The molecule has 0 aromatic carbocycles. The number of hydrogen-bond acceptors (Lipinski definition) is 8. The van der Waals surface area contributed by atoms with Crippen LogP contribution in [0.3, 0.4) is 0 Å². The summed E-state index contributed by atoms with van der Waals surface area (Å²) in [4.78, 5) is 25.3. The molecule has 0 saturated carbocycles. The topological polar surface area (TPSA) is 71.1 Å². The summed E-state index contributed by atoms with van der Waals surface area (Å²) in [6, 6.07) is 0. The van der Waals surface area contributed by atoms with Crippen LogP contribution in [0.2, 0.25) is 8.87 Å². The first-order chi connectivity index (χ1) is 16.0. The van der Waals surface area contributed by atoms with Gasteiger partial charge in [0.2, 0.25) is 0 Å². The fourth-order valence-corrected chi connectivity index (χ4v) is 15.2. The Morgan fingerprint density at radius 3 is 1.42 bits per heavy atom. The van der Waals surface area contributed by atoms with Gasteiger partial charge in [0.1, 0.15) is 0 Å². The second kappa shape index (κ2) is 24.1. The van der Waals surface area contributed by atoms with Crippen LogP contribution in [0.1, 0.15) is 79.1 Å². The Morgan fingerprint density at radius 2 is 1.06 bits per heavy atom. The molecule has 0 heterocycles.